The van der Waals surface area contributed by atoms with Gasteiger partial charge in [-0.25, -0.2) is 0 Å². The van der Waals surface area contributed by atoms with Crippen molar-refractivity contribution < 1.29 is 14.7 Å². The Balaban J connectivity index is 2.61. The molecule has 1 rings (SSSR count). The van der Waals surface area contributed by atoms with Crippen molar-refractivity contribution in [2.75, 3.05) is 6.54 Å². The Morgan fingerprint density at radius 2 is 1.94 bits per heavy atom. The summed E-state index contributed by atoms with van der Waals surface area (Å²) >= 11 is 0. The van der Waals surface area contributed by atoms with Gasteiger partial charge in [0.15, 0.2) is 0 Å². The zero-order valence-electron chi connectivity index (χ0n) is 10.5. The van der Waals surface area contributed by atoms with Gasteiger partial charge in [-0.1, -0.05) is 27.7 Å². The molecule has 0 saturated carbocycles. The maximum absolute atomic E-state index is 11.9. The standard InChI is InChI=1S/C12H21NO3/c1-8(2)5-9(14)7-13-10(15)6-12(3,4)11(13)16/h8-9,14H,5-7H2,1-4H3. The lowest BCUT2D eigenvalue weighted by Crippen LogP contribution is -2.39. The molecule has 0 radical (unpaired) electrons. The molecule has 0 aliphatic carbocycles. The number of carbonyl (C=O) groups excluding carboxylic acids is 2. The SMILES string of the molecule is CC(C)CC(O)CN1C(=O)CC(C)(C)C1=O. The van der Waals surface area contributed by atoms with Gasteiger partial charge in [-0.05, 0) is 12.3 Å². The van der Waals surface area contributed by atoms with Crippen LogP contribution >= 0.6 is 0 Å². The normalized spacial score (nSPS) is 22.0. The fourth-order valence-electron chi connectivity index (χ4n) is 2.04. The zero-order chi connectivity index (χ0) is 12.5. The minimum absolute atomic E-state index is 0.138. The third kappa shape index (κ3) is 2.82. The van der Waals surface area contributed by atoms with Crippen LogP contribution in [0.25, 0.3) is 0 Å². The van der Waals surface area contributed by atoms with Crippen LogP contribution in [0.2, 0.25) is 0 Å². The summed E-state index contributed by atoms with van der Waals surface area (Å²) in [6, 6.07) is 0. The average Bonchev–Trinajstić information content (AvgIpc) is 2.26. The molecule has 1 N–H and O–H groups in total. The Hall–Kier alpha value is -0.900. The number of aliphatic hydroxyl groups excluding tert-OH is 1. The smallest absolute Gasteiger partial charge is 0.235 e. The molecule has 0 bridgehead atoms. The minimum atomic E-state index is -0.609. The monoisotopic (exact) mass is 227 g/mol. The number of aliphatic hydroxyl groups is 1. The molecule has 0 spiro atoms. The molecule has 4 heteroatoms. The van der Waals surface area contributed by atoms with E-state index in [9.17, 15) is 14.7 Å². The molecule has 1 aliphatic heterocycles. The van der Waals surface area contributed by atoms with E-state index in [4.69, 9.17) is 0 Å². The lowest BCUT2D eigenvalue weighted by molar-refractivity contribution is -0.142. The fourth-order valence-corrected chi connectivity index (χ4v) is 2.04. The Morgan fingerprint density at radius 1 is 1.38 bits per heavy atom. The first-order valence-electron chi connectivity index (χ1n) is 5.77. The van der Waals surface area contributed by atoms with E-state index >= 15 is 0 Å². The van der Waals surface area contributed by atoms with Crippen molar-refractivity contribution in [3.05, 3.63) is 0 Å². The highest BCUT2D eigenvalue weighted by Gasteiger charge is 2.45. The van der Waals surface area contributed by atoms with Crippen LogP contribution in [0.15, 0.2) is 0 Å². The molecule has 2 amide bonds. The second-order valence-corrected chi connectivity index (χ2v) is 5.65. The number of rotatable bonds is 4. The van der Waals surface area contributed by atoms with Crippen molar-refractivity contribution in [3.8, 4) is 0 Å². The Kier molecular flexibility index (Phi) is 3.73. The van der Waals surface area contributed by atoms with Gasteiger partial charge < -0.3 is 5.11 Å². The van der Waals surface area contributed by atoms with Crippen molar-refractivity contribution in [2.24, 2.45) is 11.3 Å². The van der Waals surface area contributed by atoms with Crippen LogP contribution in [-0.2, 0) is 9.59 Å². The van der Waals surface area contributed by atoms with Gasteiger partial charge in [0.1, 0.15) is 0 Å². The van der Waals surface area contributed by atoms with Crippen molar-refractivity contribution in [1.82, 2.24) is 4.90 Å². The van der Waals surface area contributed by atoms with Gasteiger partial charge in [-0.2, -0.15) is 0 Å². The Labute approximate surface area is 96.6 Å². The topological polar surface area (TPSA) is 57.6 Å². The summed E-state index contributed by atoms with van der Waals surface area (Å²) in [6.07, 6.45) is 0.249. The third-order valence-corrected chi connectivity index (χ3v) is 2.86. The molecule has 0 aromatic carbocycles. The number of likely N-dealkylation sites (tertiary alicyclic amines) is 1. The number of imide groups is 1. The fraction of sp³-hybridized carbons (Fsp3) is 0.833. The lowest BCUT2D eigenvalue weighted by Gasteiger charge is -2.21. The summed E-state index contributed by atoms with van der Waals surface area (Å²) in [4.78, 5) is 24.7. The molecule has 0 aromatic heterocycles. The van der Waals surface area contributed by atoms with E-state index in [1.54, 1.807) is 13.8 Å². The van der Waals surface area contributed by atoms with Crippen LogP contribution < -0.4 is 0 Å². The number of carbonyl (C=O) groups is 2. The van der Waals surface area contributed by atoms with Crippen LogP contribution in [0.5, 0.6) is 0 Å². The van der Waals surface area contributed by atoms with Crippen molar-refractivity contribution in [1.29, 1.82) is 0 Å². The molecule has 4 nitrogen and oxygen atoms in total. The van der Waals surface area contributed by atoms with Crippen LogP contribution in [0, 0.1) is 11.3 Å². The number of hydrogen-bond acceptors (Lipinski definition) is 3. The first kappa shape index (κ1) is 13.2. The summed E-state index contributed by atoms with van der Waals surface area (Å²) in [5.74, 6) is 0.0222. The van der Waals surface area contributed by atoms with Crippen LogP contribution in [0.1, 0.15) is 40.5 Å². The molecule has 1 heterocycles. The third-order valence-electron chi connectivity index (χ3n) is 2.86. The summed E-state index contributed by atoms with van der Waals surface area (Å²) < 4.78 is 0. The first-order valence-corrected chi connectivity index (χ1v) is 5.77. The van der Waals surface area contributed by atoms with Gasteiger partial charge in [0, 0.05) is 6.42 Å². The van der Waals surface area contributed by atoms with E-state index in [2.05, 4.69) is 0 Å². The van der Waals surface area contributed by atoms with E-state index in [0.29, 0.717) is 12.3 Å². The summed E-state index contributed by atoms with van der Waals surface area (Å²) in [6.45, 7) is 7.67. The maximum Gasteiger partial charge on any atom is 0.235 e. The second kappa shape index (κ2) is 4.53. The van der Waals surface area contributed by atoms with Gasteiger partial charge in [0.2, 0.25) is 11.8 Å². The van der Waals surface area contributed by atoms with Gasteiger partial charge >= 0.3 is 0 Å². The van der Waals surface area contributed by atoms with Crippen LogP contribution in [0.3, 0.4) is 0 Å². The summed E-state index contributed by atoms with van der Waals surface area (Å²) in [5.41, 5.74) is -0.603. The minimum Gasteiger partial charge on any atom is -0.391 e. The van der Waals surface area contributed by atoms with E-state index < -0.39 is 11.5 Å². The number of β-amino-alcohol motifs (C(OH)–C–C–N with tert-alkyl or cyclic N) is 1. The lowest BCUT2D eigenvalue weighted by atomic mass is 9.92. The quantitative estimate of drug-likeness (QED) is 0.734. The molecule has 1 aliphatic rings. The molecule has 1 atom stereocenters. The predicted molar refractivity (Wildman–Crippen MR) is 60.6 cm³/mol. The Bertz CT molecular complexity index is 297. The molecule has 1 saturated heterocycles. The number of amides is 2. The van der Waals surface area contributed by atoms with Crippen LogP contribution in [-0.4, -0.2) is 34.5 Å². The molecule has 92 valence electrons. The van der Waals surface area contributed by atoms with Crippen molar-refractivity contribution in [2.45, 2.75) is 46.6 Å². The van der Waals surface area contributed by atoms with E-state index in [-0.39, 0.29) is 24.8 Å². The van der Waals surface area contributed by atoms with Gasteiger partial charge in [0.05, 0.1) is 18.1 Å². The summed E-state index contributed by atoms with van der Waals surface area (Å²) in [7, 11) is 0. The van der Waals surface area contributed by atoms with Gasteiger partial charge in [-0.3, -0.25) is 14.5 Å². The molecular formula is C12H21NO3. The highest BCUT2D eigenvalue weighted by Crippen LogP contribution is 2.31. The van der Waals surface area contributed by atoms with Gasteiger partial charge in [-0.15, -0.1) is 0 Å². The zero-order valence-corrected chi connectivity index (χ0v) is 10.5. The first-order chi connectivity index (χ1) is 7.24. The second-order valence-electron chi connectivity index (χ2n) is 5.65. The summed E-state index contributed by atoms with van der Waals surface area (Å²) in [5, 5.41) is 9.74. The molecule has 0 aromatic rings. The van der Waals surface area contributed by atoms with E-state index in [1.165, 1.54) is 4.90 Å². The number of hydrogen-bond donors (Lipinski definition) is 1. The van der Waals surface area contributed by atoms with Gasteiger partial charge in [0.25, 0.3) is 0 Å². The molecule has 16 heavy (non-hydrogen) atoms. The largest absolute Gasteiger partial charge is 0.391 e. The van der Waals surface area contributed by atoms with Crippen molar-refractivity contribution in [3.63, 3.8) is 0 Å². The maximum atomic E-state index is 11.9. The van der Waals surface area contributed by atoms with Crippen molar-refractivity contribution >= 4 is 11.8 Å². The molecular weight excluding hydrogens is 206 g/mol. The highest BCUT2D eigenvalue weighted by atomic mass is 16.3. The van der Waals surface area contributed by atoms with E-state index in [1.807, 2.05) is 13.8 Å². The highest BCUT2D eigenvalue weighted by molar-refractivity contribution is 6.05. The Morgan fingerprint density at radius 3 is 2.31 bits per heavy atom. The van der Waals surface area contributed by atoms with Crippen LogP contribution in [0.4, 0.5) is 0 Å². The van der Waals surface area contributed by atoms with E-state index in [0.717, 1.165) is 0 Å². The molecule has 1 unspecified atom stereocenters. The predicted octanol–water partition coefficient (Wildman–Crippen LogP) is 1.18. The molecule has 1 fully saturated rings. The average molecular weight is 227 g/mol. The number of nitrogens with zero attached hydrogens (tertiary/aromatic N) is 1.